The Bertz CT molecular complexity index is 943. The van der Waals surface area contributed by atoms with Gasteiger partial charge in [-0.05, 0) is 67.1 Å². The van der Waals surface area contributed by atoms with Gasteiger partial charge in [-0.15, -0.1) is 0 Å². The van der Waals surface area contributed by atoms with Gasteiger partial charge in [0.25, 0.3) is 0 Å². The fraction of sp³-hybridized carbons (Fsp3) is 0.409. The quantitative estimate of drug-likeness (QED) is 0.703. The van der Waals surface area contributed by atoms with Crippen LogP contribution in [0, 0.1) is 5.92 Å². The van der Waals surface area contributed by atoms with Crippen molar-refractivity contribution in [2.75, 3.05) is 18.4 Å². The van der Waals surface area contributed by atoms with Crippen LogP contribution >= 0.6 is 11.6 Å². The van der Waals surface area contributed by atoms with E-state index < -0.39 is 10.0 Å². The first-order valence-corrected chi connectivity index (χ1v) is 11.8. The van der Waals surface area contributed by atoms with Crippen LogP contribution in [-0.2, 0) is 14.8 Å². The van der Waals surface area contributed by atoms with Crippen molar-refractivity contribution in [3.63, 3.8) is 0 Å². The number of rotatable bonds is 6. The molecule has 5 nitrogen and oxygen atoms in total. The summed E-state index contributed by atoms with van der Waals surface area (Å²) in [5, 5.41) is 3.42. The summed E-state index contributed by atoms with van der Waals surface area (Å²) in [6, 6.07) is 14.0. The third-order valence-corrected chi connectivity index (χ3v) is 7.70. The maximum atomic E-state index is 12.9. The van der Waals surface area contributed by atoms with Crippen molar-refractivity contribution < 1.29 is 13.2 Å². The molecule has 0 aromatic heterocycles. The molecule has 2 aromatic rings. The van der Waals surface area contributed by atoms with Crippen LogP contribution in [0.3, 0.4) is 0 Å². The molecule has 1 fully saturated rings. The van der Waals surface area contributed by atoms with Crippen molar-refractivity contribution in [2.24, 2.45) is 5.92 Å². The zero-order chi connectivity index (χ0) is 21.0. The number of carbonyl (C=O) groups is 1. The van der Waals surface area contributed by atoms with E-state index in [1.165, 1.54) is 22.0 Å². The lowest BCUT2D eigenvalue weighted by Gasteiger charge is -2.31. The number of anilines is 1. The molecule has 3 rings (SSSR count). The highest BCUT2D eigenvalue weighted by molar-refractivity contribution is 7.89. The maximum Gasteiger partial charge on any atom is 0.243 e. The fourth-order valence-electron chi connectivity index (χ4n) is 3.51. The molecule has 1 heterocycles. The fourth-order valence-corrected chi connectivity index (χ4v) is 5.16. The second-order valence-corrected chi connectivity index (χ2v) is 9.95. The van der Waals surface area contributed by atoms with Gasteiger partial charge in [0.1, 0.15) is 0 Å². The number of nitrogens with zero attached hydrogens (tertiary/aromatic N) is 1. The number of amides is 1. The van der Waals surface area contributed by atoms with E-state index in [1.54, 1.807) is 12.1 Å². The summed E-state index contributed by atoms with van der Waals surface area (Å²) in [5.74, 6) is -0.0397. The molecule has 2 atom stereocenters. The highest BCUT2D eigenvalue weighted by Gasteiger charge is 2.33. The van der Waals surface area contributed by atoms with Gasteiger partial charge in [0, 0.05) is 23.8 Å². The van der Waals surface area contributed by atoms with Crippen molar-refractivity contribution in [1.82, 2.24) is 4.31 Å². The van der Waals surface area contributed by atoms with Crippen LogP contribution in [0.2, 0.25) is 5.02 Å². The number of hydrogen-bond donors (Lipinski definition) is 1. The molecular weight excluding hydrogens is 408 g/mol. The SMILES string of the molecule is CC[C@H](C)c1ccc(NC(=O)[C@H]2CCCN(S(=O)(=O)c3ccc(Cl)cc3)C2)cc1. The molecule has 156 valence electrons. The third-order valence-electron chi connectivity index (χ3n) is 5.57. The Morgan fingerprint density at radius 1 is 1.17 bits per heavy atom. The van der Waals surface area contributed by atoms with E-state index in [9.17, 15) is 13.2 Å². The van der Waals surface area contributed by atoms with Gasteiger partial charge in [0.15, 0.2) is 0 Å². The molecule has 7 heteroatoms. The molecule has 1 aliphatic rings. The predicted octanol–water partition coefficient (Wildman–Crippen LogP) is 4.89. The summed E-state index contributed by atoms with van der Waals surface area (Å²) in [4.78, 5) is 12.9. The molecule has 1 amide bonds. The van der Waals surface area contributed by atoms with Crippen LogP contribution < -0.4 is 5.32 Å². The number of halogens is 1. The van der Waals surface area contributed by atoms with Crippen molar-refractivity contribution in [3.8, 4) is 0 Å². The molecule has 1 saturated heterocycles. The van der Waals surface area contributed by atoms with Crippen LogP contribution in [0.5, 0.6) is 0 Å². The Morgan fingerprint density at radius 3 is 2.45 bits per heavy atom. The number of benzene rings is 2. The van der Waals surface area contributed by atoms with E-state index in [4.69, 9.17) is 11.6 Å². The average molecular weight is 435 g/mol. The summed E-state index contributed by atoms with van der Waals surface area (Å²) in [6.45, 7) is 4.92. The van der Waals surface area contributed by atoms with Crippen LogP contribution in [0.15, 0.2) is 53.4 Å². The zero-order valence-electron chi connectivity index (χ0n) is 16.8. The third kappa shape index (κ3) is 5.18. The lowest BCUT2D eigenvalue weighted by molar-refractivity contribution is -0.120. The van der Waals surface area contributed by atoms with E-state index in [2.05, 4.69) is 19.2 Å². The van der Waals surface area contributed by atoms with Gasteiger partial charge in [-0.1, -0.05) is 37.6 Å². The normalized spacial score (nSPS) is 18.9. The van der Waals surface area contributed by atoms with Gasteiger partial charge < -0.3 is 5.32 Å². The summed E-state index contributed by atoms with van der Waals surface area (Å²) in [5.41, 5.74) is 1.98. The lowest BCUT2D eigenvalue weighted by Crippen LogP contribution is -2.43. The van der Waals surface area contributed by atoms with Crippen LogP contribution in [0.1, 0.15) is 44.6 Å². The number of sulfonamides is 1. The van der Waals surface area contributed by atoms with E-state index in [0.29, 0.717) is 30.3 Å². The van der Waals surface area contributed by atoms with Gasteiger partial charge in [-0.2, -0.15) is 4.31 Å². The van der Waals surface area contributed by atoms with Gasteiger partial charge in [-0.3, -0.25) is 4.79 Å². The highest BCUT2D eigenvalue weighted by atomic mass is 35.5. The van der Waals surface area contributed by atoms with E-state index in [0.717, 1.165) is 12.1 Å². The molecular formula is C22H27ClN2O3S. The van der Waals surface area contributed by atoms with E-state index in [1.807, 2.05) is 24.3 Å². The summed E-state index contributed by atoms with van der Waals surface area (Å²) in [6.07, 6.45) is 2.38. The van der Waals surface area contributed by atoms with Gasteiger partial charge in [-0.25, -0.2) is 8.42 Å². The minimum atomic E-state index is -3.64. The Balaban J connectivity index is 1.67. The molecule has 1 aliphatic heterocycles. The van der Waals surface area contributed by atoms with Crippen LogP contribution in [0.25, 0.3) is 0 Å². The second kappa shape index (κ2) is 9.28. The van der Waals surface area contributed by atoms with Crippen LogP contribution in [0.4, 0.5) is 5.69 Å². The van der Waals surface area contributed by atoms with Crippen molar-refractivity contribution in [3.05, 3.63) is 59.1 Å². The molecule has 29 heavy (non-hydrogen) atoms. The minimum absolute atomic E-state index is 0.141. The molecule has 1 N–H and O–H groups in total. The smallest absolute Gasteiger partial charge is 0.243 e. The standard InChI is InChI=1S/C22H27ClN2O3S/c1-3-16(2)17-6-10-20(11-7-17)24-22(26)18-5-4-14-25(15-18)29(27,28)21-12-8-19(23)9-13-21/h6-13,16,18H,3-5,14-15H2,1-2H3,(H,24,26)/t16-,18-/m0/s1. The average Bonchev–Trinajstić information content (AvgIpc) is 2.74. The maximum absolute atomic E-state index is 12.9. The zero-order valence-corrected chi connectivity index (χ0v) is 18.3. The number of hydrogen-bond acceptors (Lipinski definition) is 3. The van der Waals surface area contributed by atoms with Gasteiger partial charge in [0.05, 0.1) is 10.8 Å². The highest BCUT2D eigenvalue weighted by Crippen LogP contribution is 2.26. The van der Waals surface area contributed by atoms with Gasteiger partial charge in [0.2, 0.25) is 15.9 Å². The Kier molecular flexibility index (Phi) is 6.98. The minimum Gasteiger partial charge on any atom is -0.326 e. The molecule has 0 aliphatic carbocycles. The molecule has 2 aromatic carbocycles. The van der Waals surface area contributed by atoms with Crippen molar-refractivity contribution in [1.29, 1.82) is 0 Å². The number of nitrogens with one attached hydrogen (secondary N) is 1. The van der Waals surface area contributed by atoms with E-state index >= 15 is 0 Å². The lowest BCUT2D eigenvalue weighted by atomic mass is 9.97. The van der Waals surface area contributed by atoms with Crippen LogP contribution in [-0.4, -0.2) is 31.7 Å². The topological polar surface area (TPSA) is 66.5 Å². The first-order chi connectivity index (χ1) is 13.8. The summed E-state index contributed by atoms with van der Waals surface area (Å²) >= 11 is 5.86. The molecule has 0 unspecified atom stereocenters. The van der Waals surface area contributed by atoms with Gasteiger partial charge >= 0.3 is 0 Å². The molecule has 0 saturated carbocycles. The predicted molar refractivity (Wildman–Crippen MR) is 117 cm³/mol. The Hall–Kier alpha value is -1.89. The largest absolute Gasteiger partial charge is 0.326 e. The number of piperidine rings is 1. The number of carbonyl (C=O) groups excluding carboxylic acids is 1. The molecule has 0 bridgehead atoms. The Labute approximate surface area is 178 Å². The summed E-state index contributed by atoms with van der Waals surface area (Å²) in [7, 11) is -3.64. The first kappa shape index (κ1) is 21.8. The Morgan fingerprint density at radius 2 is 1.83 bits per heavy atom. The van der Waals surface area contributed by atoms with Crippen molar-refractivity contribution >= 4 is 33.2 Å². The van der Waals surface area contributed by atoms with E-state index in [-0.39, 0.29) is 23.3 Å². The first-order valence-electron chi connectivity index (χ1n) is 9.97. The molecule has 0 radical (unpaired) electrons. The van der Waals surface area contributed by atoms with Crippen molar-refractivity contribution in [2.45, 2.75) is 43.9 Å². The monoisotopic (exact) mass is 434 g/mol. The molecule has 0 spiro atoms. The summed E-state index contributed by atoms with van der Waals surface area (Å²) < 4.78 is 27.2. The second-order valence-electron chi connectivity index (χ2n) is 7.58.